The lowest BCUT2D eigenvalue weighted by Gasteiger charge is -2.25. The summed E-state index contributed by atoms with van der Waals surface area (Å²) in [6, 6.07) is 0. The zero-order valence-corrected chi connectivity index (χ0v) is 9.12. The molecule has 1 amide bonds. The highest BCUT2D eigenvalue weighted by atomic mass is 16.2. The maximum Gasteiger partial charge on any atom is 0.226 e. The third-order valence-electron chi connectivity index (χ3n) is 3.59. The van der Waals surface area contributed by atoms with E-state index in [0.717, 1.165) is 26.1 Å². The molecule has 1 saturated carbocycles. The summed E-state index contributed by atoms with van der Waals surface area (Å²) >= 11 is 0. The molecule has 3 heteroatoms. The molecule has 3 nitrogen and oxygen atoms in total. The Hall–Kier alpha value is -0.570. The van der Waals surface area contributed by atoms with Crippen molar-refractivity contribution in [3.63, 3.8) is 0 Å². The van der Waals surface area contributed by atoms with Crippen molar-refractivity contribution in [2.45, 2.75) is 19.8 Å². The molecule has 0 aromatic carbocycles. The Morgan fingerprint density at radius 1 is 1.57 bits per heavy atom. The first-order chi connectivity index (χ1) is 6.72. The topological polar surface area (TPSA) is 32.3 Å². The number of carbonyl (C=O) groups excluding carboxylic acids is 1. The molecule has 1 aliphatic heterocycles. The number of fused-ring (bicyclic) bond motifs is 1. The zero-order chi connectivity index (χ0) is 10.1. The minimum atomic E-state index is 0.400. The van der Waals surface area contributed by atoms with E-state index in [9.17, 15) is 4.79 Å². The molecular formula is C11H20N2O. The molecule has 0 radical (unpaired) electrons. The van der Waals surface area contributed by atoms with Crippen molar-refractivity contribution in [2.75, 3.05) is 26.7 Å². The van der Waals surface area contributed by atoms with Crippen LogP contribution in [0.4, 0.5) is 0 Å². The molecule has 1 N–H and O–H groups in total. The molecule has 2 aliphatic rings. The molecule has 0 aromatic heterocycles. The van der Waals surface area contributed by atoms with Crippen LogP contribution in [0.25, 0.3) is 0 Å². The molecule has 1 saturated heterocycles. The molecule has 0 bridgehead atoms. The van der Waals surface area contributed by atoms with Gasteiger partial charge in [0.2, 0.25) is 5.91 Å². The molecule has 2 rings (SSSR count). The minimum Gasteiger partial charge on any atom is -0.342 e. The third kappa shape index (κ3) is 1.65. The lowest BCUT2D eigenvalue weighted by atomic mass is 9.76. The van der Waals surface area contributed by atoms with Gasteiger partial charge in [0.1, 0.15) is 0 Å². The van der Waals surface area contributed by atoms with Gasteiger partial charge in [-0.05, 0) is 38.3 Å². The normalized spacial score (nSPS) is 32.7. The van der Waals surface area contributed by atoms with Crippen LogP contribution >= 0.6 is 0 Å². The fourth-order valence-electron chi connectivity index (χ4n) is 2.67. The quantitative estimate of drug-likeness (QED) is 0.718. The highest BCUT2D eigenvalue weighted by Crippen LogP contribution is 2.41. The number of amides is 1. The summed E-state index contributed by atoms with van der Waals surface area (Å²) in [5.74, 6) is 2.09. The number of hydrogen-bond acceptors (Lipinski definition) is 2. The van der Waals surface area contributed by atoms with E-state index in [1.54, 1.807) is 0 Å². The second-order valence-electron chi connectivity index (χ2n) is 4.85. The van der Waals surface area contributed by atoms with Crippen molar-refractivity contribution >= 4 is 5.91 Å². The number of hydrogen-bond donors (Lipinski definition) is 1. The molecule has 3 atom stereocenters. The Labute approximate surface area is 85.8 Å². The molecule has 3 unspecified atom stereocenters. The van der Waals surface area contributed by atoms with Crippen molar-refractivity contribution in [3.05, 3.63) is 0 Å². The highest BCUT2D eigenvalue weighted by Gasteiger charge is 2.45. The van der Waals surface area contributed by atoms with Crippen LogP contribution in [0.15, 0.2) is 0 Å². The van der Waals surface area contributed by atoms with E-state index in [1.165, 1.54) is 6.42 Å². The summed E-state index contributed by atoms with van der Waals surface area (Å²) in [4.78, 5) is 13.9. The number of carbonyl (C=O) groups is 1. The van der Waals surface area contributed by atoms with Crippen molar-refractivity contribution in [1.82, 2.24) is 10.2 Å². The van der Waals surface area contributed by atoms with Crippen LogP contribution in [0.5, 0.6) is 0 Å². The summed E-state index contributed by atoms with van der Waals surface area (Å²) in [6.07, 6.45) is 2.41. The van der Waals surface area contributed by atoms with Crippen LogP contribution in [-0.4, -0.2) is 37.5 Å². The average Bonchev–Trinajstić information content (AvgIpc) is 2.27. The van der Waals surface area contributed by atoms with Gasteiger partial charge in [0.25, 0.3) is 0 Å². The zero-order valence-electron chi connectivity index (χ0n) is 9.12. The summed E-state index contributed by atoms with van der Waals surface area (Å²) in [6.45, 7) is 5.16. The maximum absolute atomic E-state index is 11.8. The van der Waals surface area contributed by atoms with E-state index in [1.807, 2.05) is 7.05 Å². The Morgan fingerprint density at radius 3 is 2.79 bits per heavy atom. The summed E-state index contributed by atoms with van der Waals surface area (Å²) < 4.78 is 0. The molecule has 1 aliphatic carbocycles. The molecule has 0 spiro atoms. The van der Waals surface area contributed by atoms with Gasteiger partial charge in [-0.3, -0.25) is 4.79 Å². The summed E-state index contributed by atoms with van der Waals surface area (Å²) in [5.41, 5.74) is 0. The maximum atomic E-state index is 11.8. The number of nitrogens with zero attached hydrogens (tertiary/aromatic N) is 1. The molecule has 80 valence electrons. The van der Waals surface area contributed by atoms with Crippen molar-refractivity contribution < 1.29 is 4.79 Å². The lowest BCUT2D eigenvalue weighted by Crippen LogP contribution is -2.34. The van der Waals surface area contributed by atoms with Crippen LogP contribution in [0.3, 0.4) is 0 Å². The molecule has 0 aromatic rings. The SMILES string of the molecule is CNCC(C)CN1CC2CCC2C1=O. The van der Waals surface area contributed by atoms with Gasteiger partial charge < -0.3 is 10.2 Å². The predicted molar refractivity (Wildman–Crippen MR) is 55.9 cm³/mol. The van der Waals surface area contributed by atoms with E-state index < -0.39 is 0 Å². The van der Waals surface area contributed by atoms with Crippen molar-refractivity contribution in [2.24, 2.45) is 17.8 Å². The van der Waals surface area contributed by atoms with E-state index >= 15 is 0 Å². The molecule has 1 heterocycles. The third-order valence-corrected chi connectivity index (χ3v) is 3.59. The van der Waals surface area contributed by atoms with E-state index in [4.69, 9.17) is 0 Å². The first kappa shape index (κ1) is 9.97. The van der Waals surface area contributed by atoms with Crippen molar-refractivity contribution in [3.8, 4) is 0 Å². The monoisotopic (exact) mass is 196 g/mol. The van der Waals surface area contributed by atoms with Gasteiger partial charge in [0, 0.05) is 19.0 Å². The Bertz CT molecular complexity index is 229. The first-order valence-electron chi connectivity index (χ1n) is 5.65. The number of nitrogens with one attached hydrogen (secondary N) is 1. The Morgan fingerprint density at radius 2 is 2.36 bits per heavy atom. The minimum absolute atomic E-state index is 0.400. The van der Waals surface area contributed by atoms with Crippen molar-refractivity contribution in [1.29, 1.82) is 0 Å². The van der Waals surface area contributed by atoms with E-state index in [-0.39, 0.29) is 0 Å². The van der Waals surface area contributed by atoms with Gasteiger partial charge in [-0.1, -0.05) is 6.92 Å². The standard InChI is InChI=1S/C11H20N2O/c1-8(5-12-2)6-13-7-9-3-4-10(9)11(13)14/h8-10,12H,3-7H2,1-2H3. The molecule has 2 fully saturated rings. The number of rotatable bonds is 4. The van der Waals surface area contributed by atoms with Gasteiger partial charge in [0.05, 0.1) is 0 Å². The second-order valence-corrected chi connectivity index (χ2v) is 4.85. The average molecular weight is 196 g/mol. The van der Waals surface area contributed by atoms with Gasteiger partial charge in [0.15, 0.2) is 0 Å². The van der Waals surface area contributed by atoms with Crippen LogP contribution in [0.1, 0.15) is 19.8 Å². The predicted octanol–water partition coefficient (Wildman–Crippen LogP) is 0.710. The molecular weight excluding hydrogens is 176 g/mol. The lowest BCUT2D eigenvalue weighted by molar-refractivity contribution is -0.133. The summed E-state index contributed by atoms with van der Waals surface area (Å²) in [5, 5.41) is 3.16. The highest BCUT2D eigenvalue weighted by molar-refractivity contribution is 5.82. The molecule has 14 heavy (non-hydrogen) atoms. The fraction of sp³-hybridized carbons (Fsp3) is 0.909. The van der Waals surface area contributed by atoms with Crippen LogP contribution in [0.2, 0.25) is 0 Å². The van der Waals surface area contributed by atoms with E-state index in [0.29, 0.717) is 23.7 Å². The van der Waals surface area contributed by atoms with Crippen LogP contribution in [0, 0.1) is 17.8 Å². The van der Waals surface area contributed by atoms with Gasteiger partial charge >= 0.3 is 0 Å². The Kier molecular flexibility index (Phi) is 2.77. The van der Waals surface area contributed by atoms with Gasteiger partial charge in [-0.2, -0.15) is 0 Å². The number of likely N-dealkylation sites (tertiary alicyclic amines) is 1. The van der Waals surface area contributed by atoms with Gasteiger partial charge in [-0.15, -0.1) is 0 Å². The van der Waals surface area contributed by atoms with Crippen LogP contribution in [-0.2, 0) is 4.79 Å². The fourth-order valence-corrected chi connectivity index (χ4v) is 2.67. The second kappa shape index (κ2) is 3.89. The first-order valence-corrected chi connectivity index (χ1v) is 5.65. The Balaban J connectivity index is 1.84. The van der Waals surface area contributed by atoms with Crippen LogP contribution < -0.4 is 5.32 Å². The smallest absolute Gasteiger partial charge is 0.226 e. The summed E-state index contributed by atoms with van der Waals surface area (Å²) in [7, 11) is 1.96. The van der Waals surface area contributed by atoms with E-state index in [2.05, 4.69) is 17.1 Å². The van der Waals surface area contributed by atoms with Gasteiger partial charge in [-0.25, -0.2) is 0 Å². The largest absolute Gasteiger partial charge is 0.342 e.